The van der Waals surface area contributed by atoms with E-state index in [2.05, 4.69) is 17.9 Å². The molecule has 1 atom stereocenters. The molecule has 14 heavy (non-hydrogen) atoms. The van der Waals surface area contributed by atoms with Crippen LogP contribution in [0.4, 0.5) is 0 Å². The molecule has 78 valence electrons. The van der Waals surface area contributed by atoms with Crippen molar-refractivity contribution in [2.24, 2.45) is 0 Å². The number of carbonyl (C=O) groups is 2. The molecule has 0 rings (SSSR count). The minimum absolute atomic E-state index is 0.150. The highest BCUT2D eigenvalue weighted by molar-refractivity contribution is 5.95. The lowest BCUT2D eigenvalue weighted by atomic mass is 10.2. The average molecular weight is 198 g/mol. The number of hydrogen-bond acceptors (Lipinski definition) is 4. The first-order valence-electron chi connectivity index (χ1n) is 4.16. The Labute approximate surface area is 82.9 Å². The van der Waals surface area contributed by atoms with Crippen molar-refractivity contribution >= 4 is 11.9 Å². The van der Waals surface area contributed by atoms with Crippen molar-refractivity contribution in [2.75, 3.05) is 0 Å². The molecule has 0 bridgehead atoms. The monoisotopic (exact) mass is 198 g/mol. The van der Waals surface area contributed by atoms with E-state index in [0.717, 1.165) is 0 Å². The van der Waals surface area contributed by atoms with Crippen LogP contribution in [-0.4, -0.2) is 23.1 Å². The number of ether oxygens (including phenoxy) is 1. The Kier molecular flexibility index (Phi) is 5.48. The molecule has 0 spiro atoms. The van der Waals surface area contributed by atoms with Gasteiger partial charge in [-0.05, 0) is 13.3 Å². The number of aliphatic hydroxyl groups excluding tert-OH is 1. The van der Waals surface area contributed by atoms with E-state index in [0.29, 0.717) is 0 Å². The molecular weight excluding hydrogens is 184 g/mol. The van der Waals surface area contributed by atoms with Crippen LogP contribution in [0.25, 0.3) is 0 Å². The van der Waals surface area contributed by atoms with Gasteiger partial charge in [-0.3, -0.25) is 4.79 Å². The number of esters is 2. The Bertz CT molecular complexity index is 255. The van der Waals surface area contributed by atoms with Gasteiger partial charge in [0.2, 0.25) is 0 Å². The molecule has 0 aliphatic heterocycles. The van der Waals surface area contributed by atoms with Crippen LogP contribution in [0.1, 0.15) is 19.8 Å². The second-order valence-electron chi connectivity index (χ2n) is 2.92. The van der Waals surface area contributed by atoms with E-state index in [1.54, 1.807) is 0 Å². The van der Waals surface area contributed by atoms with Crippen molar-refractivity contribution in [3.63, 3.8) is 0 Å². The Morgan fingerprint density at radius 1 is 1.57 bits per heavy atom. The Hall–Kier alpha value is -1.42. The van der Waals surface area contributed by atoms with Crippen molar-refractivity contribution in [1.29, 1.82) is 0 Å². The zero-order valence-corrected chi connectivity index (χ0v) is 8.16. The summed E-state index contributed by atoms with van der Waals surface area (Å²) in [5, 5.41) is 9.17. The average Bonchev–Trinajstić information content (AvgIpc) is 2.03. The number of rotatable bonds is 5. The van der Waals surface area contributed by atoms with Crippen molar-refractivity contribution in [3.8, 4) is 0 Å². The predicted octanol–water partition coefficient (Wildman–Crippen LogP) is 0.959. The maximum Gasteiger partial charge on any atom is 0.340 e. The second-order valence-corrected chi connectivity index (χ2v) is 2.92. The van der Waals surface area contributed by atoms with Crippen molar-refractivity contribution in [3.05, 3.63) is 24.8 Å². The minimum atomic E-state index is -0.849. The summed E-state index contributed by atoms with van der Waals surface area (Å²) in [6.45, 7) is 8.16. The fraction of sp³-hybridized carbons (Fsp3) is 0.400. The molecule has 0 aromatic rings. The summed E-state index contributed by atoms with van der Waals surface area (Å²) in [6, 6.07) is 0. The van der Waals surface area contributed by atoms with Crippen molar-refractivity contribution in [2.45, 2.75) is 25.9 Å². The highest BCUT2D eigenvalue weighted by Crippen LogP contribution is 2.02. The van der Waals surface area contributed by atoms with E-state index in [4.69, 9.17) is 5.11 Å². The van der Waals surface area contributed by atoms with E-state index < -0.39 is 18.0 Å². The van der Waals surface area contributed by atoms with Gasteiger partial charge < -0.3 is 9.84 Å². The van der Waals surface area contributed by atoms with Gasteiger partial charge in [0.1, 0.15) is 0 Å². The highest BCUT2D eigenvalue weighted by atomic mass is 16.6. The van der Waals surface area contributed by atoms with E-state index in [-0.39, 0.29) is 18.4 Å². The van der Waals surface area contributed by atoms with Gasteiger partial charge in [-0.15, -0.1) is 6.58 Å². The first-order valence-corrected chi connectivity index (χ1v) is 4.16. The fourth-order valence-electron chi connectivity index (χ4n) is 0.700. The van der Waals surface area contributed by atoms with Crippen LogP contribution >= 0.6 is 0 Å². The second kappa shape index (κ2) is 6.10. The molecule has 0 amide bonds. The maximum absolute atomic E-state index is 11.0. The van der Waals surface area contributed by atoms with Crippen LogP contribution in [-0.2, 0) is 14.3 Å². The molecule has 4 nitrogen and oxygen atoms in total. The summed E-state index contributed by atoms with van der Waals surface area (Å²) in [5.74, 6) is -1.52. The zero-order valence-electron chi connectivity index (χ0n) is 8.16. The molecule has 1 unspecified atom stereocenters. The Morgan fingerprint density at radius 2 is 2.14 bits per heavy atom. The third-order valence-corrected chi connectivity index (χ3v) is 1.40. The van der Waals surface area contributed by atoms with Crippen LogP contribution in [0.2, 0.25) is 0 Å². The zero-order chi connectivity index (χ0) is 11.1. The molecular formula is C10H14O4. The molecule has 0 saturated heterocycles. The highest BCUT2D eigenvalue weighted by Gasteiger charge is 2.14. The third kappa shape index (κ3) is 5.27. The van der Waals surface area contributed by atoms with Gasteiger partial charge >= 0.3 is 11.9 Å². The molecule has 4 heteroatoms. The smallest absolute Gasteiger partial charge is 0.340 e. The minimum Gasteiger partial charge on any atom is -0.392 e. The van der Waals surface area contributed by atoms with Gasteiger partial charge in [-0.1, -0.05) is 12.7 Å². The molecule has 0 aromatic carbocycles. The van der Waals surface area contributed by atoms with Gasteiger partial charge in [0, 0.05) is 5.57 Å². The number of carbonyl (C=O) groups excluding carboxylic acids is 2. The summed E-state index contributed by atoms with van der Waals surface area (Å²) < 4.78 is 4.36. The van der Waals surface area contributed by atoms with Crippen LogP contribution in [0.15, 0.2) is 24.8 Å². The lowest BCUT2D eigenvalue weighted by Gasteiger charge is -2.06. The Balaban J connectivity index is 3.92. The van der Waals surface area contributed by atoms with E-state index in [1.165, 1.54) is 13.0 Å². The summed E-state index contributed by atoms with van der Waals surface area (Å²) in [7, 11) is 0. The molecule has 0 aliphatic carbocycles. The summed E-state index contributed by atoms with van der Waals surface area (Å²) in [4.78, 5) is 21.8. The maximum atomic E-state index is 11.0. The normalized spacial score (nSPS) is 11.6. The van der Waals surface area contributed by atoms with E-state index >= 15 is 0 Å². The molecule has 0 heterocycles. The van der Waals surface area contributed by atoms with Crippen LogP contribution in [0.3, 0.4) is 0 Å². The SMILES string of the molecule is C=CCC(O)CC(=O)OC(=O)C(=C)C. The molecule has 0 radical (unpaired) electrons. The van der Waals surface area contributed by atoms with Gasteiger partial charge in [-0.25, -0.2) is 4.79 Å². The van der Waals surface area contributed by atoms with Crippen LogP contribution in [0.5, 0.6) is 0 Å². The molecule has 0 aliphatic rings. The van der Waals surface area contributed by atoms with Gasteiger partial charge in [0.05, 0.1) is 12.5 Å². The summed E-state index contributed by atoms with van der Waals surface area (Å²) >= 11 is 0. The largest absolute Gasteiger partial charge is 0.392 e. The first-order chi connectivity index (χ1) is 6.47. The summed E-state index contributed by atoms with van der Waals surface area (Å²) in [6.07, 6.45) is 0.706. The van der Waals surface area contributed by atoms with Crippen molar-refractivity contribution < 1.29 is 19.4 Å². The van der Waals surface area contributed by atoms with Crippen molar-refractivity contribution in [1.82, 2.24) is 0 Å². The first kappa shape index (κ1) is 12.6. The summed E-state index contributed by atoms with van der Waals surface area (Å²) in [5.41, 5.74) is 0.150. The lowest BCUT2D eigenvalue weighted by Crippen LogP contribution is -2.18. The molecule has 1 N–H and O–H groups in total. The Morgan fingerprint density at radius 3 is 2.57 bits per heavy atom. The van der Waals surface area contributed by atoms with Crippen LogP contribution in [0, 0.1) is 0 Å². The van der Waals surface area contributed by atoms with E-state index in [9.17, 15) is 9.59 Å². The third-order valence-electron chi connectivity index (χ3n) is 1.40. The fourth-order valence-corrected chi connectivity index (χ4v) is 0.700. The molecule has 0 aromatic heterocycles. The van der Waals surface area contributed by atoms with E-state index in [1.807, 2.05) is 0 Å². The topological polar surface area (TPSA) is 63.6 Å². The quantitative estimate of drug-likeness (QED) is 0.309. The standard InChI is InChI=1S/C10H14O4/c1-4-5-8(11)6-9(12)14-10(13)7(2)3/h4,8,11H,1-2,5-6H2,3H3. The van der Waals surface area contributed by atoms with Gasteiger partial charge in [0.15, 0.2) is 0 Å². The molecule has 0 saturated carbocycles. The van der Waals surface area contributed by atoms with Gasteiger partial charge in [0.25, 0.3) is 0 Å². The number of aliphatic hydroxyl groups is 1. The number of hydrogen-bond donors (Lipinski definition) is 1. The lowest BCUT2D eigenvalue weighted by molar-refractivity contribution is -0.158. The molecule has 0 fully saturated rings. The van der Waals surface area contributed by atoms with Gasteiger partial charge in [-0.2, -0.15) is 0 Å². The predicted molar refractivity (Wildman–Crippen MR) is 51.4 cm³/mol. The van der Waals surface area contributed by atoms with Crippen LogP contribution < -0.4 is 0 Å².